The fourth-order valence-electron chi connectivity index (χ4n) is 6.62. The summed E-state index contributed by atoms with van der Waals surface area (Å²) in [5.41, 5.74) is 4.43. The second-order valence-electron chi connectivity index (χ2n) is 12.5. The van der Waals surface area contributed by atoms with E-state index in [0.717, 1.165) is 48.3 Å². The smallest absolute Gasteiger partial charge is 0.227 e. The number of hydrogen-bond acceptors (Lipinski definition) is 11. The summed E-state index contributed by atoms with van der Waals surface area (Å²) in [6.45, 7) is 1.57. The van der Waals surface area contributed by atoms with Crippen LogP contribution in [0.25, 0.3) is 11.0 Å². The lowest BCUT2D eigenvalue weighted by Crippen LogP contribution is -2.34. The van der Waals surface area contributed by atoms with Crippen LogP contribution in [0.5, 0.6) is 0 Å². The number of halogens is 3. The van der Waals surface area contributed by atoms with Crippen LogP contribution in [-0.2, 0) is 34.4 Å². The number of nitrogens with zero attached hydrogens (tertiary/aromatic N) is 6. The van der Waals surface area contributed by atoms with Gasteiger partial charge in [-0.3, -0.25) is 8.42 Å². The number of piperidine rings is 1. The number of rotatable bonds is 6. The average molecular weight is 777 g/mol. The number of nitrogens with one attached hydrogen (secondary N) is 2. The van der Waals surface area contributed by atoms with Crippen LogP contribution in [0.1, 0.15) is 43.3 Å². The molecule has 274 valence electrons. The van der Waals surface area contributed by atoms with Crippen molar-refractivity contribution in [2.24, 2.45) is 0 Å². The highest BCUT2D eigenvalue weighted by Gasteiger charge is 2.31. The molecule has 0 aliphatic carbocycles. The molecule has 0 amide bonds. The van der Waals surface area contributed by atoms with E-state index in [-0.39, 0.29) is 24.3 Å². The zero-order valence-electron chi connectivity index (χ0n) is 27.5. The first-order chi connectivity index (χ1) is 25.3. The van der Waals surface area contributed by atoms with Gasteiger partial charge in [0.1, 0.15) is 21.4 Å². The van der Waals surface area contributed by atoms with Gasteiger partial charge in [-0.2, -0.15) is 9.97 Å². The van der Waals surface area contributed by atoms with E-state index in [4.69, 9.17) is 26.1 Å². The van der Waals surface area contributed by atoms with E-state index < -0.39 is 21.6 Å². The van der Waals surface area contributed by atoms with Gasteiger partial charge in [0.15, 0.2) is 17.2 Å². The molecule has 2 atom stereocenters. The summed E-state index contributed by atoms with van der Waals surface area (Å²) >= 11 is 5.84. The van der Waals surface area contributed by atoms with Crippen molar-refractivity contribution in [2.75, 3.05) is 40.1 Å². The van der Waals surface area contributed by atoms with Gasteiger partial charge >= 0.3 is 0 Å². The molecular weight excluding hydrogens is 742 g/mol. The summed E-state index contributed by atoms with van der Waals surface area (Å²) in [4.78, 5) is 21.0. The van der Waals surface area contributed by atoms with Gasteiger partial charge in [-0.15, -0.1) is 0 Å². The molecule has 1 saturated heterocycles. The fourth-order valence-corrected chi connectivity index (χ4v) is 9.42. The number of aromatic nitrogens is 5. The highest BCUT2D eigenvalue weighted by atomic mass is 35.5. The number of para-hydroxylation sites is 1. The molecule has 2 N–H and O–H groups in total. The van der Waals surface area contributed by atoms with Crippen LogP contribution in [0.15, 0.2) is 87.1 Å². The first kappa shape index (κ1) is 36.5. The molecule has 3 aliphatic rings. The van der Waals surface area contributed by atoms with Crippen molar-refractivity contribution < 1.29 is 21.7 Å². The van der Waals surface area contributed by atoms with E-state index >= 15 is 0 Å². The highest BCUT2D eigenvalue weighted by Crippen LogP contribution is 2.36. The third kappa shape index (κ3) is 7.78. The zero-order chi connectivity index (χ0) is 35.8. The first-order valence-electron chi connectivity index (χ1n) is 16.7. The number of aryl methyl sites for hydroxylation is 2. The summed E-state index contributed by atoms with van der Waals surface area (Å²) in [5, 5.41) is 11.6. The Kier molecular flexibility index (Phi) is 10.8. The van der Waals surface area contributed by atoms with Crippen molar-refractivity contribution >= 4 is 73.1 Å². The third-order valence-electron chi connectivity index (χ3n) is 9.08. The lowest BCUT2D eigenvalue weighted by molar-refractivity contribution is 0.416. The Morgan fingerprint density at radius 2 is 1.34 bits per heavy atom. The molecule has 3 aromatic carbocycles. The molecule has 0 bridgehead atoms. The van der Waals surface area contributed by atoms with Crippen LogP contribution >= 0.6 is 11.6 Å². The van der Waals surface area contributed by atoms with E-state index in [0.29, 0.717) is 74.7 Å². The topological polar surface area (TPSA) is 139 Å². The van der Waals surface area contributed by atoms with E-state index in [1.54, 1.807) is 24.3 Å². The summed E-state index contributed by atoms with van der Waals surface area (Å²) < 4.78 is 56.9. The molecule has 6 aromatic rings. The molecule has 3 aliphatic heterocycles. The van der Waals surface area contributed by atoms with Gasteiger partial charge in [0.25, 0.3) is 0 Å². The minimum absolute atomic E-state index is 0. The van der Waals surface area contributed by atoms with E-state index in [1.807, 2.05) is 18.2 Å². The van der Waals surface area contributed by atoms with E-state index in [9.17, 15) is 17.2 Å². The Morgan fingerprint density at radius 1 is 0.755 bits per heavy atom. The van der Waals surface area contributed by atoms with Crippen LogP contribution in [0.4, 0.5) is 37.7 Å². The molecule has 2 unspecified atom stereocenters. The molecule has 0 spiro atoms. The predicted octanol–water partition coefficient (Wildman–Crippen LogP) is 7.86. The van der Waals surface area contributed by atoms with Crippen LogP contribution in [0.3, 0.4) is 0 Å². The Bertz CT molecular complexity index is 2360. The van der Waals surface area contributed by atoms with Gasteiger partial charge in [0, 0.05) is 60.1 Å². The largest absolute Gasteiger partial charge is 0.356 e. The Morgan fingerprint density at radius 3 is 1.96 bits per heavy atom. The number of hydrogen-bond donors (Lipinski definition) is 2. The van der Waals surface area contributed by atoms with E-state index in [2.05, 4.69) is 36.7 Å². The van der Waals surface area contributed by atoms with Crippen molar-refractivity contribution in [2.45, 2.75) is 48.8 Å². The lowest BCUT2D eigenvalue weighted by Gasteiger charge is -2.31. The zero-order valence-corrected chi connectivity index (χ0v) is 29.9. The lowest BCUT2D eigenvalue weighted by atomic mass is 9.92. The molecule has 16 heteroatoms. The molecule has 9 rings (SSSR count). The van der Waals surface area contributed by atoms with Crippen LogP contribution in [0, 0.1) is 11.6 Å². The summed E-state index contributed by atoms with van der Waals surface area (Å²) in [7, 11) is -2.30. The van der Waals surface area contributed by atoms with Gasteiger partial charge in [-0.1, -0.05) is 36.8 Å². The van der Waals surface area contributed by atoms with Gasteiger partial charge < -0.3 is 20.1 Å². The molecule has 1 fully saturated rings. The van der Waals surface area contributed by atoms with Gasteiger partial charge in [-0.05, 0) is 73.0 Å². The molecule has 0 radical (unpaired) electrons. The first-order valence-corrected chi connectivity index (χ1v) is 19.7. The van der Waals surface area contributed by atoms with Crippen molar-refractivity contribution in [3.63, 3.8) is 0 Å². The average Bonchev–Trinajstić information content (AvgIpc) is 3.85. The summed E-state index contributed by atoms with van der Waals surface area (Å²) in [6, 6.07) is 20.1. The second-order valence-corrected chi connectivity index (χ2v) is 15.8. The monoisotopic (exact) mass is 776 g/mol. The predicted molar refractivity (Wildman–Crippen MR) is 203 cm³/mol. The minimum Gasteiger partial charge on any atom is -0.356 e. The standard InChI is InChI=1S/C24H22FN5O2S.C12H9ClFN3OS.CH4/c25-16-4-3-5-17(14-16)26-23-22-19(10-13-33(22)31)27-24(28-23)30-11-8-15(9-12-30)21-18-6-1-2-7-20(18)32-29-21;13-12-16-9-4-5-19(18)10(9)11(17-12)15-8-3-1-2-7(14)6-8;/h1-7,14-15H,8-13H2,(H,26,27,28);1-3,6H,4-5H2,(H,15,16,17);1H4. The molecule has 3 aromatic heterocycles. The van der Waals surface area contributed by atoms with Crippen LogP contribution in [-0.4, -0.2) is 58.1 Å². The Hall–Kier alpha value is -4.86. The third-order valence-corrected chi connectivity index (χ3v) is 12.2. The fraction of sp³-hybridized carbons (Fsp3) is 0.270. The second kappa shape index (κ2) is 15.6. The number of benzene rings is 3. The van der Waals surface area contributed by atoms with Crippen LogP contribution < -0.4 is 15.5 Å². The van der Waals surface area contributed by atoms with Crippen molar-refractivity contribution in [1.82, 2.24) is 25.1 Å². The summed E-state index contributed by atoms with van der Waals surface area (Å²) in [5.74, 6) is 2.18. The van der Waals surface area contributed by atoms with Gasteiger partial charge in [0.05, 0.1) is 38.7 Å². The molecule has 6 heterocycles. The van der Waals surface area contributed by atoms with E-state index in [1.165, 1.54) is 24.3 Å². The molecule has 11 nitrogen and oxygen atoms in total. The van der Waals surface area contributed by atoms with Crippen molar-refractivity contribution in [1.29, 1.82) is 0 Å². The highest BCUT2D eigenvalue weighted by molar-refractivity contribution is 7.85. The SMILES string of the molecule is C.O=S1CCc2nc(Cl)nc(Nc3cccc(F)c3)c21.O=S1CCc2nc(N3CCC(c4noc5ccccc45)CC3)nc(Nc3cccc(F)c3)c21. The number of anilines is 5. The van der Waals surface area contributed by atoms with Crippen LogP contribution in [0.2, 0.25) is 5.28 Å². The van der Waals surface area contributed by atoms with Gasteiger partial charge in [-0.25, -0.2) is 18.7 Å². The minimum atomic E-state index is -1.16. The number of fused-ring (bicyclic) bond motifs is 3. The maximum absolute atomic E-state index is 13.7. The normalized spacial score (nSPS) is 17.8. The maximum atomic E-state index is 13.7. The Labute approximate surface area is 314 Å². The molecule has 53 heavy (non-hydrogen) atoms. The quantitative estimate of drug-likeness (QED) is 0.160. The molecular formula is C37H35ClF2N8O3S2. The van der Waals surface area contributed by atoms with Gasteiger partial charge in [0.2, 0.25) is 11.2 Å². The Balaban J connectivity index is 0.000000186. The summed E-state index contributed by atoms with van der Waals surface area (Å²) in [6.07, 6.45) is 3.09. The molecule has 0 saturated carbocycles. The van der Waals surface area contributed by atoms with Crippen molar-refractivity contribution in [3.05, 3.63) is 107 Å². The maximum Gasteiger partial charge on any atom is 0.227 e. The van der Waals surface area contributed by atoms with Crippen molar-refractivity contribution in [3.8, 4) is 0 Å².